The van der Waals surface area contributed by atoms with Crippen molar-refractivity contribution in [2.75, 3.05) is 5.75 Å². The number of rotatable bonds is 4. The van der Waals surface area contributed by atoms with E-state index >= 15 is 0 Å². The Morgan fingerprint density at radius 3 is 2.25 bits per heavy atom. The molecule has 1 atom stereocenters. The third-order valence-electron chi connectivity index (χ3n) is 3.48. The molecule has 1 aromatic heterocycles. The molecule has 3 nitrogen and oxygen atoms in total. The highest BCUT2D eigenvalue weighted by molar-refractivity contribution is 7.99. The number of nitrogens with two attached hydrogens (primary N) is 1. The molecule has 1 aromatic carbocycles. The summed E-state index contributed by atoms with van der Waals surface area (Å²) in [5, 5.41) is 5.53. The summed E-state index contributed by atoms with van der Waals surface area (Å²) in [5.41, 5.74) is 12.6. The van der Waals surface area contributed by atoms with E-state index in [4.69, 9.17) is 5.73 Å². The molecule has 0 fully saturated rings. The Bertz CT molecular complexity index is 593. The number of thioether (sulfide) groups is 1. The van der Waals surface area contributed by atoms with E-state index in [-0.39, 0.29) is 6.04 Å². The highest BCUT2D eigenvalue weighted by atomic mass is 32.2. The molecule has 0 aliphatic rings. The van der Waals surface area contributed by atoms with Gasteiger partial charge in [-0.1, -0.05) is 17.7 Å². The third kappa shape index (κ3) is 3.25. The van der Waals surface area contributed by atoms with Gasteiger partial charge >= 0.3 is 0 Å². The van der Waals surface area contributed by atoms with Gasteiger partial charge in [-0.05, 0) is 50.5 Å². The molecular weight excluding hydrogens is 266 g/mol. The lowest BCUT2D eigenvalue weighted by Crippen LogP contribution is -2.16. The van der Waals surface area contributed by atoms with Crippen LogP contribution < -0.4 is 5.73 Å². The van der Waals surface area contributed by atoms with Crippen molar-refractivity contribution in [1.29, 1.82) is 0 Å². The third-order valence-corrected chi connectivity index (χ3v) is 4.68. The van der Waals surface area contributed by atoms with Crippen LogP contribution in [0.5, 0.6) is 0 Å². The molecule has 1 unspecified atom stereocenters. The van der Waals surface area contributed by atoms with Gasteiger partial charge in [0.2, 0.25) is 0 Å². The van der Waals surface area contributed by atoms with E-state index in [0.717, 1.165) is 11.4 Å². The van der Waals surface area contributed by atoms with Gasteiger partial charge in [-0.15, -0.1) is 11.8 Å². The Kier molecular flexibility index (Phi) is 4.55. The molecule has 0 amide bonds. The van der Waals surface area contributed by atoms with Crippen LogP contribution in [0.25, 0.3) is 0 Å². The van der Waals surface area contributed by atoms with Gasteiger partial charge in [-0.2, -0.15) is 5.10 Å². The van der Waals surface area contributed by atoms with Crippen LogP contribution in [0.15, 0.2) is 23.2 Å². The van der Waals surface area contributed by atoms with Crippen molar-refractivity contribution in [3.05, 3.63) is 46.1 Å². The Hall–Kier alpha value is -1.26. The van der Waals surface area contributed by atoms with Crippen LogP contribution in [0.2, 0.25) is 0 Å². The molecule has 2 aromatic rings. The number of aryl methyl sites for hydroxylation is 5. The average molecular weight is 289 g/mol. The van der Waals surface area contributed by atoms with E-state index in [0.29, 0.717) is 0 Å². The molecule has 2 rings (SSSR count). The van der Waals surface area contributed by atoms with E-state index < -0.39 is 0 Å². The predicted molar refractivity (Wildman–Crippen MR) is 86.3 cm³/mol. The largest absolute Gasteiger partial charge is 0.323 e. The lowest BCUT2D eigenvalue weighted by Gasteiger charge is -2.18. The second kappa shape index (κ2) is 6.02. The normalized spacial score (nSPS) is 12.7. The zero-order chi connectivity index (χ0) is 14.9. The summed E-state index contributed by atoms with van der Waals surface area (Å²) < 4.78 is 1.92. The van der Waals surface area contributed by atoms with Gasteiger partial charge in [0.1, 0.15) is 0 Å². The van der Waals surface area contributed by atoms with Gasteiger partial charge in [0.25, 0.3) is 0 Å². The first-order valence-corrected chi connectivity index (χ1v) is 7.84. The van der Waals surface area contributed by atoms with Crippen LogP contribution in [0, 0.1) is 27.7 Å². The fourth-order valence-electron chi connectivity index (χ4n) is 2.76. The summed E-state index contributed by atoms with van der Waals surface area (Å²) in [6, 6.07) is 6.57. The zero-order valence-corrected chi connectivity index (χ0v) is 13.7. The molecule has 0 spiro atoms. The van der Waals surface area contributed by atoms with Crippen LogP contribution >= 0.6 is 11.8 Å². The van der Waals surface area contributed by atoms with Gasteiger partial charge < -0.3 is 5.73 Å². The Balaban J connectivity index is 2.13. The molecule has 0 saturated heterocycles. The number of benzene rings is 1. The first-order chi connectivity index (χ1) is 9.38. The molecule has 2 N–H and O–H groups in total. The molecule has 20 heavy (non-hydrogen) atoms. The van der Waals surface area contributed by atoms with Crippen molar-refractivity contribution in [1.82, 2.24) is 9.78 Å². The number of hydrogen-bond acceptors (Lipinski definition) is 3. The minimum Gasteiger partial charge on any atom is -0.323 e. The molecule has 1 heterocycles. The molecule has 0 aliphatic carbocycles. The minimum absolute atomic E-state index is 0.0517. The van der Waals surface area contributed by atoms with Crippen molar-refractivity contribution < 1.29 is 0 Å². The Morgan fingerprint density at radius 1 is 1.15 bits per heavy atom. The van der Waals surface area contributed by atoms with Crippen molar-refractivity contribution in [2.24, 2.45) is 12.8 Å². The number of nitrogens with zero attached hydrogens (tertiary/aromatic N) is 2. The maximum atomic E-state index is 6.40. The molecule has 0 bridgehead atoms. The quantitative estimate of drug-likeness (QED) is 0.877. The van der Waals surface area contributed by atoms with Crippen LogP contribution in [0.1, 0.15) is 34.0 Å². The van der Waals surface area contributed by atoms with E-state index in [2.05, 4.69) is 44.1 Å². The molecule has 0 radical (unpaired) electrons. The second-order valence-electron chi connectivity index (χ2n) is 5.48. The molecule has 0 aliphatic heterocycles. The van der Waals surface area contributed by atoms with Crippen LogP contribution in [-0.2, 0) is 7.05 Å². The van der Waals surface area contributed by atoms with Crippen molar-refractivity contribution in [3.63, 3.8) is 0 Å². The van der Waals surface area contributed by atoms with Gasteiger partial charge in [-0.25, -0.2) is 0 Å². The minimum atomic E-state index is 0.0517. The van der Waals surface area contributed by atoms with Crippen LogP contribution in [-0.4, -0.2) is 15.5 Å². The molecular formula is C16H23N3S. The summed E-state index contributed by atoms with van der Waals surface area (Å²) in [6.07, 6.45) is 0. The van der Waals surface area contributed by atoms with Crippen LogP contribution in [0.4, 0.5) is 0 Å². The average Bonchev–Trinajstić information content (AvgIpc) is 2.63. The maximum Gasteiger partial charge on any atom is 0.0939 e. The van der Waals surface area contributed by atoms with E-state index in [9.17, 15) is 0 Å². The summed E-state index contributed by atoms with van der Waals surface area (Å²) >= 11 is 1.77. The highest BCUT2D eigenvalue weighted by Gasteiger charge is 2.14. The topological polar surface area (TPSA) is 43.8 Å². The number of aromatic nitrogens is 2. The monoisotopic (exact) mass is 289 g/mol. The highest BCUT2D eigenvalue weighted by Crippen LogP contribution is 2.28. The molecule has 0 saturated carbocycles. The molecule has 108 valence electrons. The number of hydrogen-bond donors (Lipinski definition) is 1. The zero-order valence-electron chi connectivity index (χ0n) is 12.9. The maximum absolute atomic E-state index is 6.40. The summed E-state index contributed by atoms with van der Waals surface area (Å²) in [4.78, 5) is 0. The van der Waals surface area contributed by atoms with Crippen molar-refractivity contribution >= 4 is 11.8 Å². The van der Waals surface area contributed by atoms with E-state index in [1.807, 2.05) is 18.7 Å². The molecule has 4 heteroatoms. The first kappa shape index (κ1) is 15.1. The summed E-state index contributed by atoms with van der Waals surface area (Å²) in [7, 11) is 1.98. The Morgan fingerprint density at radius 2 is 1.75 bits per heavy atom. The lowest BCUT2D eigenvalue weighted by atomic mass is 9.95. The lowest BCUT2D eigenvalue weighted by molar-refractivity contribution is 0.690. The van der Waals surface area contributed by atoms with Gasteiger partial charge in [-0.3, -0.25) is 4.68 Å². The van der Waals surface area contributed by atoms with E-state index in [1.165, 1.54) is 27.3 Å². The van der Waals surface area contributed by atoms with Crippen LogP contribution in [0.3, 0.4) is 0 Å². The fourth-order valence-corrected chi connectivity index (χ4v) is 3.76. The van der Waals surface area contributed by atoms with Crippen molar-refractivity contribution in [3.8, 4) is 0 Å². The van der Waals surface area contributed by atoms with Gasteiger partial charge in [0.05, 0.1) is 10.7 Å². The smallest absolute Gasteiger partial charge is 0.0939 e. The standard InChI is InChI=1S/C16H23N3S/c1-10-6-11(2)16(12(3)7-10)14(17)9-20-15-8-13(4)18-19(15)5/h6-8,14H,9,17H2,1-5H3. The van der Waals surface area contributed by atoms with Gasteiger partial charge in [0, 0.05) is 18.8 Å². The van der Waals surface area contributed by atoms with Crippen molar-refractivity contribution in [2.45, 2.75) is 38.8 Å². The fraction of sp³-hybridized carbons (Fsp3) is 0.438. The summed E-state index contributed by atoms with van der Waals surface area (Å²) in [6.45, 7) is 8.43. The SMILES string of the molecule is Cc1cc(C)c(C(N)CSc2cc(C)nn2C)c(C)c1. The second-order valence-corrected chi connectivity index (χ2v) is 6.52. The first-order valence-electron chi connectivity index (χ1n) is 6.85. The van der Waals surface area contributed by atoms with E-state index in [1.54, 1.807) is 11.8 Å². The van der Waals surface area contributed by atoms with Gasteiger partial charge in [0.15, 0.2) is 0 Å². The Labute approximate surface area is 125 Å². The predicted octanol–water partition coefficient (Wildman–Crippen LogP) is 3.45. The summed E-state index contributed by atoms with van der Waals surface area (Å²) in [5.74, 6) is 0.865.